The Kier molecular flexibility index (Phi) is 4.14. The van der Waals surface area contributed by atoms with Gasteiger partial charge in [-0.1, -0.05) is 13.0 Å². The van der Waals surface area contributed by atoms with Gasteiger partial charge in [0.15, 0.2) is 5.82 Å². The van der Waals surface area contributed by atoms with Crippen LogP contribution in [0, 0.1) is 0 Å². The van der Waals surface area contributed by atoms with Crippen LogP contribution in [0.1, 0.15) is 33.3 Å². The summed E-state index contributed by atoms with van der Waals surface area (Å²) in [7, 11) is 1.30. The fourth-order valence-corrected chi connectivity index (χ4v) is 1.70. The lowest BCUT2D eigenvalue weighted by molar-refractivity contribution is 0.0600. The number of ether oxygens (including phenoxy) is 1. The number of aryl methyl sites for hydroxylation is 1. The number of aromatic amines is 1. The van der Waals surface area contributed by atoms with Crippen molar-refractivity contribution in [2.24, 2.45) is 0 Å². The van der Waals surface area contributed by atoms with Gasteiger partial charge in [0.25, 0.3) is 5.91 Å². The van der Waals surface area contributed by atoms with E-state index in [-0.39, 0.29) is 5.91 Å². The van der Waals surface area contributed by atoms with Crippen LogP contribution in [-0.4, -0.2) is 29.2 Å². The van der Waals surface area contributed by atoms with Gasteiger partial charge < -0.3 is 10.1 Å². The number of methoxy groups -OCH3 is 1. The summed E-state index contributed by atoms with van der Waals surface area (Å²) in [6, 6.07) is 8.08. The first-order chi connectivity index (χ1) is 9.63. The number of hydrogen-bond acceptors (Lipinski definition) is 4. The van der Waals surface area contributed by atoms with E-state index in [0.29, 0.717) is 16.9 Å². The molecule has 2 aromatic rings. The first-order valence-electron chi connectivity index (χ1n) is 6.18. The molecule has 0 fully saturated rings. The SMILES string of the molecule is CCc1cc(NC(=O)c2cccc(C(=O)OC)c2)n[nH]1. The average molecular weight is 273 g/mol. The number of H-pyrrole nitrogens is 1. The molecule has 104 valence electrons. The van der Waals surface area contributed by atoms with Gasteiger partial charge in [0.05, 0.1) is 12.7 Å². The number of carbonyl (C=O) groups is 2. The third kappa shape index (κ3) is 3.03. The predicted octanol–water partition coefficient (Wildman–Crippen LogP) is 2.01. The molecule has 1 aromatic heterocycles. The summed E-state index contributed by atoms with van der Waals surface area (Å²) in [4.78, 5) is 23.5. The molecule has 0 saturated carbocycles. The second-order valence-electron chi connectivity index (χ2n) is 4.16. The molecule has 1 aromatic carbocycles. The van der Waals surface area contributed by atoms with Gasteiger partial charge in [-0.3, -0.25) is 9.89 Å². The summed E-state index contributed by atoms with van der Waals surface area (Å²) in [5.41, 5.74) is 1.63. The molecule has 0 unspecified atom stereocenters. The lowest BCUT2D eigenvalue weighted by atomic mass is 10.1. The quantitative estimate of drug-likeness (QED) is 0.835. The van der Waals surface area contributed by atoms with E-state index in [1.807, 2.05) is 6.92 Å². The zero-order chi connectivity index (χ0) is 14.5. The molecule has 0 radical (unpaired) electrons. The van der Waals surface area contributed by atoms with Crippen LogP contribution in [-0.2, 0) is 11.2 Å². The molecular weight excluding hydrogens is 258 g/mol. The molecule has 1 heterocycles. The average Bonchev–Trinajstić information content (AvgIpc) is 2.94. The molecule has 2 rings (SSSR count). The van der Waals surface area contributed by atoms with Crippen LogP contribution in [0.4, 0.5) is 5.82 Å². The number of esters is 1. The Morgan fingerprint density at radius 2 is 2.05 bits per heavy atom. The Morgan fingerprint density at radius 1 is 1.30 bits per heavy atom. The Morgan fingerprint density at radius 3 is 2.70 bits per heavy atom. The maximum Gasteiger partial charge on any atom is 0.337 e. The van der Waals surface area contributed by atoms with Gasteiger partial charge in [0.2, 0.25) is 0 Å². The Hall–Kier alpha value is -2.63. The summed E-state index contributed by atoms with van der Waals surface area (Å²) in [5.74, 6) is -0.354. The standard InChI is InChI=1S/C14H15N3O3/c1-3-11-8-12(17-16-11)15-13(18)9-5-4-6-10(7-9)14(19)20-2/h4-8H,3H2,1-2H3,(H2,15,16,17,18). The minimum atomic E-state index is -0.479. The van der Waals surface area contributed by atoms with Crippen LogP contribution in [0.15, 0.2) is 30.3 Å². The molecule has 0 aliphatic heterocycles. The van der Waals surface area contributed by atoms with Crippen LogP contribution in [0.5, 0.6) is 0 Å². The molecule has 1 amide bonds. The summed E-state index contributed by atoms with van der Waals surface area (Å²) in [6.07, 6.45) is 0.806. The fourth-order valence-electron chi connectivity index (χ4n) is 1.70. The highest BCUT2D eigenvalue weighted by Crippen LogP contribution is 2.11. The van der Waals surface area contributed by atoms with Crippen molar-refractivity contribution in [3.63, 3.8) is 0 Å². The van der Waals surface area contributed by atoms with Crippen molar-refractivity contribution in [3.05, 3.63) is 47.2 Å². The number of nitrogens with one attached hydrogen (secondary N) is 2. The van der Waals surface area contributed by atoms with E-state index in [1.54, 1.807) is 24.3 Å². The Labute approximate surface area is 116 Å². The third-order valence-electron chi connectivity index (χ3n) is 2.80. The summed E-state index contributed by atoms with van der Waals surface area (Å²) < 4.78 is 4.62. The highest BCUT2D eigenvalue weighted by Gasteiger charge is 2.11. The van der Waals surface area contributed by atoms with Crippen molar-refractivity contribution in [3.8, 4) is 0 Å². The number of amides is 1. The van der Waals surface area contributed by atoms with Crippen molar-refractivity contribution in [2.75, 3.05) is 12.4 Å². The maximum atomic E-state index is 12.1. The van der Waals surface area contributed by atoms with Gasteiger partial charge in [-0.25, -0.2) is 4.79 Å². The van der Waals surface area contributed by atoms with E-state index in [0.717, 1.165) is 12.1 Å². The number of rotatable bonds is 4. The molecule has 20 heavy (non-hydrogen) atoms. The van der Waals surface area contributed by atoms with E-state index in [1.165, 1.54) is 13.2 Å². The van der Waals surface area contributed by atoms with Crippen molar-refractivity contribution < 1.29 is 14.3 Å². The number of nitrogens with zero attached hydrogens (tertiary/aromatic N) is 1. The van der Waals surface area contributed by atoms with E-state index < -0.39 is 5.97 Å². The molecule has 2 N–H and O–H groups in total. The van der Waals surface area contributed by atoms with Gasteiger partial charge in [0.1, 0.15) is 0 Å². The molecule has 0 atom stereocenters. The lowest BCUT2D eigenvalue weighted by Gasteiger charge is -2.04. The molecule has 0 aliphatic rings. The van der Waals surface area contributed by atoms with Gasteiger partial charge >= 0.3 is 5.97 Å². The van der Waals surface area contributed by atoms with Crippen LogP contribution in [0.2, 0.25) is 0 Å². The molecule has 6 nitrogen and oxygen atoms in total. The van der Waals surface area contributed by atoms with Gasteiger partial charge in [-0.15, -0.1) is 0 Å². The third-order valence-corrected chi connectivity index (χ3v) is 2.80. The topological polar surface area (TPSA) is 84.1 Å². The van der Waals surface area contributed by atoms with E-state index in [9.17, 15) is 9.59 Å². The fraction of sp³-hybridized carbons (Fsp3) is 0.214. The minimum absolute atomic E-state index is 0.329. The Balaban J connectivity index is 2.14. The van der Waals surface area contributed by atoms with Crippen molar-refractivity contribution >= 4 is 17.7 Å². The monoisotopic (exact) mass is 273 g/mol. The number of aromatic nitrogens is 2. The van der Waals surface area contributed by atoms with E-state index in [4.69, 9.17) is 0 Å². The summed E-state index contributed by atoms with van der Waals surface area (Å²) in [6.45, 7) is 1.99. The normalized spacial score (nSPS) is 10.1. The zero-order valence-corrected chi connectivity index (χ0v) is 11.3. The molecule has 0 bridgehead atoms. The van der Waals surface area contributed by atoms with E-state index in [2.05, 4.69) is 20.3 Å². The zero-order valence-electron chi connectivity index (χ0n) is 11.3. The van der Waals surface area contributed by atoms with Crippen LogP contribution in [0.3, 0.4) is 0 Å². The van der Waals surface area contributed by atoms with E-state index >= 15 is 0 Å². The maximum absolute atomic E-state index is 12.1. The minimum Gasteiger partial charge on any atom is -0.465 e. The highest BCUT2D eigenvalue weighted by atomic mass is 16.5. The summed E-state index contributed by atoms with van der Waals surface area (Å²) in [5, 5.41) is 9.45. The van der Waals surface area contributed by atoms with Crippen LogP contribution >= 0.6 is 0 Å². The Bertz CT molecular complexity index is 634. The van der Waals surface area contributed by atoms with Crippen molar-refractivity contribution in [2.45, 2.75) is 13.3 Å². The molecule has 6 heteroatoms. The number of benzene rings is 1. The lowest BCUT2D eigenvalue weighted by Crippen LogP contribution is -2.13. The van der Waals surface area contributed by atoms with Crippen LogP contribution < -0.4 is 5.32 Å². The first-order valence-corrected chi connectivity index (χ1v) is 6.18. The first kappa shape index (κ1) is 13.8. The van der Waals surface area contributed by atoms with Crippen molar-refractivity contribution in [1.82, 2.24) is 10.2 Å². The smallest absolute Gasteiger partial charge is 0.337 e. The second-order valence-corrected chi connectivity index (χ2v) is 4.16. The number of anilines is 1. The summed E-state index contributed by atoms with van der Waals surface area (Å²) >= 11 is 0. The largest absolute Gasteiger partial charge is 0.465 e. The van der Waals surface area contributed by atoms with Crippen molar-refractivity contribution in [1.29, 1.82) is 0 Å². The second kappa shape index (κ2) is 6.01. The molecule has 0 saturated heterocycles. The molecule has 0 spiro atoms. The highest BCUT2D eigenvalue weighted by molar-refractivity contribution is 6.05. The number of hydrogen-bond donors (Lipinski definition) is 2. The molecular formula is C14H15N3O3. The number of carbonyl (C=O) groups excluding carboxylic acids is 2. The van der Waals surface area contributed by atoms with Crippen LogP contribution in [0.25, 0.3) is 0 Å². The predicted molar refractivity (Wildman–Crippen MR) is 73.7 cm³/mol. The van der Waals surface area contributed by atoms with Gasteiger partial charge in [-0.05, 0) is 24.6 Å². The molecule has 0 aliphatic carbocycles. The van der Waals surface area contributed by atoms with Gasteiger partial charge in [-0.2, -0.15) is 5.10 Å². The van der Waals surface area contributed by atoms with Gasteiger partial charge in [0, 0.05) is 17.3 Å².